The molecule has 4 rings (SSSR count). The van der Waals surface area contributed by atoms with Crippen molar-refractivity contribution in [2.75, 3.05) is 26.2 Å². The van der Waals surface area contributed by atoms with Crippen molar-refractivity contribution < 1.29 is 14.0 Å². The molecular weight excluding hydrogens is 382 g/mol. The number of nitrogens with zero attached hydrogens (tertiary/aromatic N) is 4. The molecule has 4 heterocycles. The molecule has 158 valence electrons. The molecule has 0 bridgehead atoms. The molecule has 1 aliphatic rings. The largest absolute Gasteiger partial charge is 0.459 e. The molecule has 1 saturated heterocycles. The number of aryl methyl sites for hydroxylation is 2. The highest BCUT2D eigenvalue weighted by Crippen LogP contribution is 2.17. The van der Waals surface area contributed by atoms with Crippen molar-refractivity contribution in [2.45, 2.75) is 33.4 Å². The van der Waals surface area contributed by atoms with Crippen molar-refractivity contribution in [1.29, 1.82) is 0 Å². The molecule has 0 aromatic carbocycles. The van der Waals surface area contributed by atoms with E-state index in [2.05, 4.69) is 44.9 Å². The Balaban J connectivity index is 1.33. The Bertz CT molecular complexity index is 1050. The molecule has 30 heavy (non-hydrogen) atoms. The van der Waals surface area contributed by atoms with Gasteiger partial charge in [-0.15, -0.1) is 0 Å². The number of piperazine rings is 1. The lowest BCUT2D eigenvalue weighted by molar-refractivity contribution is -0.134. The van der Waals surface area contributed by atoms with Gasteiger partial charge in [0.2, 0.25) is 5.91 Å². The molecule has 0 saturated carbocycles. The predicted molar refractivity (Wildman–Crippen MR) is 112 cm³/mol. The maximum absolute atomic E-state index is 12.7. The third kappa shape index (κ3) is 4.09. The van der Waals surface area contributed by atoms with Gasteiger partial charge in [0.1, 0.15) is 11.7 Å². The van der Waals surface area contributed by atoms with E-state index in [9.17, 15) is 9.59 Å². The Morgan fingerprint density at radius 1 is 1.20 bits per heavy atom. The van der Waals surface area contributed by atoms with Crippen LogP contribution in [0.2, 0.25) is 0 Å². The van der Waals surface area contributed by atoms with Crippen LogP contribution in [0.25, 0.3) is 5.65 Å². The van der Waals surface area contributed by atoms with Crippen molar-refractivity contribution in [3.63, 3.8) is 0 Å². The number of furan rings is 1. The van der Waals surface area contributed by atoms with Crippen molar-refractivity contribution in [3.05, 3.63) is 59.4 Å². The summed E-state index contributed by atoms with van der Waals surface area (Å²) in [6, 6.07) is 6.80. The summed E-state index contributed by atoms with van der Waals surface area (Å²) < 4.78 is 7.23. The minimum atomic E-state index is -0.599. The lowest BCUT2D eigenvalue weighted by Crippen LogP contribution is -2.54. The zero-order chi connectivity index (χ0) is 21.3. The summed E-state index contributed by atoms with van der Waals surface area (Å²) in [5, 5.41) is 2.71. The van der Waals surface area contributed by atoms with E-state index in [1.807, 2.05) is 11.8 Å². The maximum atomic E-state index is 12.7. The highest BCUT2D eigenvalue weighted by Gasteiger charge is 2.27. The van der Waals surface area contributed by atoms with Crippen LogP contribution in [0, 0.1) is 13.8 Å². The molecule has 2 amide bonds. The summed E-state index contributed by atoms with van der Waals surface area (Å²) in [5.74, 6) is -0.244. The number of rotatable bonds is 5. The van der Waals surface area contributed by atoms with Gasteiger partial charge in [0.05, 0.1) is 17.7 Å². The number of aromatic nitrogens is 2. The van der Waals surface area contributed by atoms with E-state index >= 15 is 0 Å². The second-order valence-corrected chi connectivity index (χ2v) is 7.85. The number of nitrogens with one attached hydrogen (secondary N) is 1. The Morgan fingerprint density at radius 2 is 1.97 bits per heavy atom. The van der Waals surface area contributed by atoms with Crippen LogP contribution in [0.15, 0.2) is 41.1 Å². The van der Waals surface area contributed by atoms with E-state index in [4.69, 9.17) is 4.42 Å². The molecule has 0 aliphatic carbocycles. The average Bonchev–Trinajstić information content (AvgIpc) is 3.36. The molecule has 3 aromatic heterocycles. The summed E-state index contributed by atoms with van der Waals surface area (Å²) in [4.78, 5) is 33.7. The van der Waals surface area contributed by atoms with Gasteiger partial charge >= 0.3 is 0 Å². The normalized spacial score (nSPS) is 16.0. The molecule has 1 unspecified atom stereocenters. The van der Waals surface area contributed by atoms with E-state index in [-0.39, 0.29) is 17.6 Å². The molecule has 8 heteroatoms. The van der Waals surface area contributed by atoms with Crippen LogP contribution in [0.5, 0.6) is 0 Å². The summed E-state index contributed by atoms with van der Waals surface area (Å²) in [5.41, 5.74) is 4.38. The zero-order valence-electron chi connectivity index (χ0n) is 17.6. The number of imidazole rings is 1. The van der Waals surface area contributed by atoms with Crippen LogP contribution < -0.4 is 5.32 Å². The van der Waals surface area contributed by atoms with Crippen LogP contribution in [0.3, 0.4) is 0 Å². The second kappa shape index (κ2) is 8.31. The number of hydrogen-bond acceptors (Lipinski definition) is 5. The third-order valence-corrected chi connectivity index (χ3v) is 5.60. The summed E-state index contributed by atoms with van der Waals surface area (Å²) in [6.07, 6.45) is 3.51. The minimum Gasteiger partial charge on any atom is -0.459 e. The van der Waals surface area contributed by atoms with Crippen molar-refractivity contribution in [2.24, 2.45) is 0 Å². The Labute approximate surface area is 175 Å². The smallest absolute Gasteiger partial charge is 0.287 e. The van der Waals surface area contributed by atoms with Gasteiger partial charge in [0.15, 0.2) is 5.76 Å². The quantitative estimate of drug-likeness (QED) is 0.697. The van der Waals surface area contributed by atoms with E-state index in [0.717, 1.165) is 31.0 Å². The first-order chi connectivity index (χ1) is 14.4. The molecular formula is C22H27N5O3. The number of hydrogen-bond donors (Lipinski definition) is 1. The van der Waals surface area contributed by atoms with Gasteiger partial charge < -0.3 is 19.0 Å². The molecule has 0 radical (unpaired) electrons. The van der Waals surface area contributed by atoms with Crippen LogP contribution >= 0.6 is 0 Å². The van der Waals surface area contributed by atoms with Gasteiger partial charge in [0.25, 0.3) is 5.91 Å². The monoisotopic (exact) mass is 409 g/mol. The SMILES string of the molecule is Cc1ccn2c(CN3CCN(C(=O)C(C)NC(=O)c4ccco4)CC3)c(C)nc2c1. The summed E-state index contributed by atoms with van der Waals surface area (Å²) in [7, 11) is 0. The van der Waals surface area contributed by atoms with E-state index in [1.165, 1.54) is 17.5 Å². The summed E-state index contributed by atoms with van der Waals surface area (Å²) >= 11 is 0. The van der Waals surface area contributed by atoms with Gasteiger partial charge in [-0.25, -0.2) is 4.98 Å². The van der Waals surface area contributed by atoms with Crippen LogP contribution in [-0.4, -0.2) is 63.2 Å². The highest BCUT2D eigenvalue weighted by atomic mass is 16.3. The van der Waals surface area contributed by atoms with Gasteiger partial charge in [-0.3, -0.25) is 14.5 Å². The molecule has 8 nitrogen and oxygen atoms in total. The molecule has 1 atom stereocenters. The molecule has 1 aliphatic heterocycles. The van der Waals surface area contributed by atoms with E-state index < -0.39 is 6.04 Å². The standard InChI is InChI=1S/C22H27N5O3/c1-15-6-7-27-18(16(2)23-20(27)13-15)14-25-8-10-26(11-9-25)22(29)17(3)24-21(28)19-5-4-12-30-19/h4-7,12-13,17H,8-11,14H2,1-3H3,(H,24,28). The van der Waals surface area contributed by atoms with Gasteiger partial charge in [0, 0.05) is 38.9 Å². The van der Waals surface area contributed by atoms with Crippen LogP contribution in [0.1, 0.15) is 34.4 Å². The molecule has 1 fully saturated rings. The Hall–Kier alpha value is -3.13. The van der Waals surface area contributed by atoms with Gasteiger partial charge in [-0.2, -0.15) is 0 Å². The minimum absolute atomic E-state index is 0.0731. The van der Waals surface area contributed by atoms with Gasteiger partial charge in [-0.05, 0) is 50.6 Å². The highest BCUT2D eigenvalue weighted by molar-refractivity contribution is 5.95. The van der Waals surface area contributed by atoms with Crippen molar-refractivity contribution in [1.82, 2.24) is 24.5 Å². The number of amides is 2. The fourth-order valence-corrected chi connectivity index (χ4v) is 3.85. The van der Waals surface area contributed by atoms with Crippen molar-refractivity contribution >= 4 is 17.5 Å². The number of fused-ring (bicyclic) bond motifs is 1. The molecule has 0 spiro atoms. The molecule has 1 N–H and O–H groups in total. The van der Waals surface area contributed by atoms with E-state index in [0.29, 0.717) is 13.1 Å². The second-order valence-electron chi connectivity index (χ2n) is 7.85. The maximum Gasteiger partial charge on any atom is 0.287 e. The van der Waals surface area contributed by atoms with Crippen molar-refractivity contribution in [3.8, 4) is 0 Å². The Kier molecular flexibility index (Phi) is 5.59. The first-order valence-corrected chi connectivity index (χ1v) is 10.2. The lowest BCUT2D eigenvalue weighted by atomic mass is 10.2. The predicted octanol–water partition coefficient (Wildman–Crippen LogP) is 2.01. The number of carbonyl (C=O) groups excluding carboxylic acids is 2. The van der Waals surface area contributed by atoms with Crippen LogP contribution in [-0.2, 0) is 11.3 Å². The lowest BCUT2D eigenvalue weighted by Gasteiger charge is -2.36. The van der Waals surface area contributed by atoms with E-state index in [1.54, 1.807) is 19.1 Å². The fourth-order valence-electron chi connectivity index (χ4n) is 3.85. The summed E-state index contributed by atoms with van der Waals surface area (Å²) in [6.45, 7) is 9.44. The molecule has 3 aromatic rings. The zero-order valence-corrected chi connectivity index (χ0v) is 17.6. The third-order valence-electron chi connectivity index (χ3n) is 5.60. The first-order valence-electron chi connectivity index (χ1n) is 10.2. The Morgan fingerprint density at radius 3 is 2.67 bits per heavy atom. The first kappa shape index (κ1) is 20.2. The topological polar surface area (TPSA) is 83.1 Å². The number of carbonyl (C=O) groups is 2. The van der Waals surface area contributed by atoms with Gasteiger partial charge in [-0.1, -0.05) is 0 Å². The number of pyridine rings is 1. The average molecular weight is 409 g/mol. The fraction of sp³-hybridized carbons (Fsp3) is 0.409. The van der Waals surface area contributed by atoms with Crippen LogP contribution in [0.4, 0.5) is 0 Å².